The zero-order chi connectivity index (χ0) is 41.2. The molecule has 0 spiro atoms. The molecule has 13 heteroatoms. The van der Waals surface area contributed by atoms with Crippen LogP contribution >= 0.6 is 0 Å². The summed E-state index contributed by atoms with van der Waals surface area (Å²) in [6, 6.07) is 19.2. The van der Waals surface area contributed by atoms with Crippen molar-refractivity contribution in [3.05, 3.63) is 88.3 Å². The summed E-state index contributed by atoms with van der Waals surface area (Å²) in [5.74, 6) is 0.515. The number of likely N-dealkylation sites (N-methyl/N-ethyl adjacent to an activating group) is 1. The van der Waals surface area contributed by atoms with E-state index in [4.69, 9.17) is 14.4 Å². The zero-order valence-corrected chi connectivity index (χ0v) is 34.5. The first-order chi connectivity index (χ1) is 27.2. The van der Waals surface area contributed by atoms with Crippen LogP contribution in [0.25, 0.3) is 11.1 Å². The Morgan fingerprint density at radius 2 is 1.81 bits per heavy atom. The van der Waals surface area contributed by atoms with E-state index in [2.05, 4.69) is 31.4 Å². The fraction of sp³-hybridized carbons (Fsp3) is 0.545. The molecule has 4 fully saturated rings. The van der Waals surface area contributed by atoms with Crippen molar-refractivity contribution in [3.8, 4) is 16.9 Å². The molecule has 0 unspecified atom stereocenters. The van der Waals surface area contributed by atoms with Gasteiger partial charge in [0, 0.05) is 53.4 Å². The van der Waals surface area contributed by atoms with Crippen molar-refractivity contribution < 1.29 is 39.1 Å². The SMILES string of the molecule is COc1c(CN2O[C@@H](CO)[C@H]([C@H](C)O)[C@H]2C(=O)N[C@H]2C[C@H]3C[C@@H]([C@@H]2C)C3(C)C)cccc1-c1cc(C(=O)N[C@H](Cc2ccccc2)CN(C)C)cc([N+](=O)OC)c1. The largest absolute Gasteiger partial charge is 0.496 e. The van der Waals surface area contributed by atoms with Crippen LogP contribution in [0, 0.1) is 34.0 Å². The first kappa shape index (κ1) is 42.2. The van der Waals surface area contributed by atoms with Crippen molar-refractivity contribution in [3.63, 3.8) is 0 Å². The van der Waals surface area contributed by atoms with Gasteiger partial charge in [-0.1, -0.05) is 69.3 Å². The standard InChI is InChI=1S/C44H59N5O8/c1-26-36-21-32(44(36,3)4)22-37(26)46-43(53)40-39(27(2)51)38(25-50)57-48(40)23-29-15-12-16-35(41(29)55-7)30-18-31(20-34(19-30)49(54)56-8)42(52)45-33(24-47(5)6)17-28-13-10-9-11-14-28/h9-16,18-20,26-27,32-33,36-40,50-51H,17,21-25H2,1-8H3,(H-,45,46,52,53)/p+1/t26-,27-,32+,33+,36-,37-,38-,39-,40-/m0/s1. The van der Waals surface area contributed by atoms with Gasteiger partial charge >= 0.3 is 5.69 Å². The molecule has 4 N–H and O–H groups in total. The molecule has 3 aromatic rings. The van der Waals surface area contributed by atoms with Gasteiger partial charge < -0.3 is 30.5 Å². The number of carbonyl (C=O) groups is 2. The molecule has 3 aliphatic carbocycles. The lowest BCUT2D eigenvalue weighted by molar-refractivity contribution is -0.736. The number of fused-ring (bicyclic) bond motifs is 2. The van der Waals surface area contributed by atoms with Crippen LogP contribution in [0.5, 0.6) is 5.75 Å². The highest BCUT2D eigenvalue weighted by Gasteiger charge is 2.57. The molecule has 9 atom stereocenters. The molecular formula is C44H60N5O8+. The fourth-order valence-corrected chi connectivity index (χ4v) is 9.71. The first-order valence-electron chi connectivity index (χ1n) is 20.0. The Balaban J connectivity index is 1.30. The molecule has 3 aromatic carbocycles. The number of hydrogen-bond donors (Lipinski definition) is 4. The first-order valence-corrected chi connectivity index (χ1v) is 20.0. The summed E-state index contributed by atoms with van der Waals surface area (Å²) < 4.78 is 6.03. The quantitative estimate of drug-likeness (QED) is 0.148. The van der Waals surface area contributed by atoms with Crippen molar-refractivity contribution in [2.75, 3.05) is 41.5 Å². The van der Waals surface area contributed by atoms with E-state index < -0.39 is 24.2 Å². The van der Waals surface area contributed by atoms with E-state index in [0.29, 0.717) is 58.1 Å². The van der Waals surface area contributed by atoms with E-state index in [-0.39, 0.29) is 53.7 Å². The van der Waals surface area contributed by atoms with Gasteiger partial charge in [0.25, 0.3) is 10.8 Å². The van der Waals surface area contributed by atoms with Crippen LogP contribution in [-0.4, -0.2) is 109 Å². The summed E-state index contributed by atoms with van der Waals surface area (Å²) in [6.07, 6.45) is 0.938. The van der Waals surface area contributed by atoms with E-state index in [1.54, 1.807) is 24.1 Å². The molecule has 7 rings (SSSR count). The Bertz CT molecular complexity index is 1900. The van der Waals surface area contributed by atoms with E-state index in [0.717, 1.165) is 12.0 Å². The number of nitrogens with zero attached hydrogens (tertiary/aromatic N) is 3. The summed E-state index contributed by atoms with van der Waals surface area (Å²) in [5, 5.41) is 29.4. The monoisotopic (exact) mass is 786 g/mol. The molecule has 0 aromatic heterocycles. The number of ether oxygens (including phenoxy) is 1. The third-order valence-corrected chi connectivity index (χ3v) is 12.8. The summed E-state index contributed by atoms with van der Waals surface area (Å²) in [4.78, 5) is 54.8. The molecule has 308 valence electrons. The van der Waals surface area contributed by atoms with Gasteiger partial charge in [-0.2, -0.15) is 5.06 Å². The normalized spacial score (nSPS) is 26.3. The predicted molar refractivity (Wildman–Crippen MR) is 216 cm³/mol. The summed E-state index contributed by atoms with van der Waals surface area (Å²) in [7, 11) is 6.69. The smallest absolute Gasteiger partial charge is 0.318 e. The lowest BCUT2D eigenvalue weighted by Crippen LogP contribution is -2.62. The lowest BCUT2D eigenvalue weighted by Gasteiger charge is -2.62. The van der Waals surface area contributed by atoms with Crippen molar-refractivity contribution in [1.29, 1.82) is 0 Å². The van der Waals surface area contributed by atoms with Crippen LogP contribution in [0.1, 0.15) is 62.0 Å². The topological polar surface area (TPSA) is 153 Å². The number of hydrogen-bond acceptors (Lipinski definition) is 10. The van der Waals surface area contributed by atoms with Gasteiger partial charge in [-0.3, -0.25) is 14.4 Å². The molecule has 4 aliphatic rings. The molecule has 1 heterocycles. The van der Waals surface area contributed by atoms with Crippen molar-refractivity contribution >= 4 is 17.5 Å². The van der Waals surface area contributed by atoms with Crippen LogP contribution in [0.3, 0.4) is 0 Å². The molecule has 1 aliphatic heterocycles. The van der Waals surface area contributed by atoms with E-state index in [9.17, 15) is 24.7 Å². The molecule has 57 heavy (non-hydrogen) atoms. The van der Waals surface area contributed by atoms with Gasteiger partial charge in [0.2, 0.25) is 5.91 Å². The summed E-state index contributed by atoms with van der Waals surface area (Å²) in [6.45, 7) is 8.76. The highest BCUT2D eigenvalue weighted by atomic mass is 16.8. The third-order valence-electron chi connectivity index (χ3n) is 12.8. The predicted octanol–water partition coefficient (Wildman–Crippen LogP) is 4.90. The maximum absolute atomic E-state index is 14.3. The van der Waals surface area contributed by atoms with Gasteiger partial charge in [0.05, 0.1) is 31.3 Å². The Morgan fingerprint density at radius 3 is 2.42 bits per heavy atom. The highest BCUT2D eigenvalue weighted by Crippen LogP contribution is 2.61. The van der Waals surface area contributed by atoms with E-state index >= 15 is 0 Å². The lowest BCUT2D eigenvalue weighted by atomic mass is 9.45. The maximum Gasteiger partial charge on any atom is 0.318 e. The molecule has 0 radical (unpaired) electrons. The van der Waals surface area contributed by atoms with Gasteiger partial charge in [-0.05, 0) is 80.6 Å². The molecular weight excluding hydrogens is 727 g/mol. The van der Waals surface area contributed by atoms with Crippen LogP contribution in [0.2, 0.25) is 0 Å². The minimum Gasteiger partial charge on any atom is -0.496 e. The third kappa shape index (κ3) is 8.87. The highest BCUT2D eigenvalue weighted by molar-refractivity contribution is 5.97. The van der Waals surface area contributed by atoms with Gasteiger partial charge in [-0.25, -0.2) is 4.84 Å². The average molecular weight is 787 g/mol. The number of amides is 2. The molecule has 3 saturated carbocycles. The number of carbonyl (C=O) groups excluding carboxylic acids is 2. The van der Waals surface area contributed by atoms with Crippen molar-refractivity contribution in [2.45, 2.75) is 83.8 Å². The molecule has 1 saturated heterocycles. The average Bonchev–Trinajstić information content (AvgIpc) is 3.56. The minimum atomic E-state index is -0.944. The van der Waals surface area contributed by atoms with Crippen LogP contribution < -0.4 is 15.4 Å². The second kappa shape index (κ2) is 17.6. The van der Waals surface area contributed by atoms with Crippen LogP contribution in [-0.2, 0) is 27.4 Å². The van der Waals surface area contributed by atoms with Gasteiger partial charge in [0.15, 0.2) is 7.11 Å². The number of hydroxylamine groups is 2. The van der Waals surface area contributed by atoms with Crippen LogP contribution in [0.4, 0.5) is 5.69 Å². The number of methoxy groups -OCH3 is 1. The van der Waals surface area contributed by atoms with Crippen molar-refractivity contribution in [2.24, 2.45) is 29.1 Å². The van der Waals surface area contributed by atoms with Gasteiger partial charge in [-0.15, -0.1) is 0 Å². The Morgan fingerprint density at radius 1 is 1.07 bits per heavy atom. The number of aliphatic hydroxyl groups is 2. The molecule has 13 nitrogen and oxygen atoms in total. The Kier molecular flexibility index (Phi) is 13.0. The Labute approximate surface area is 336 Å². The zero-order valence-electron chi connectivity index (χ0n) is 34.5. The number of benzene rings is 3. The number of para-hydroxylation sites is 1. The Hall–Kier alpha value is -4.40. The number of aliphatic hydroxyl groups excluding tert-OH is 2. The second-order valence-electron chi connectivity index (χ2n) is 17.1. The number of nitrogens with one attached hydrogen (secondary N) is 2. The van der Waals surface area contributed by atoms with Crippen molar-refractivity contribution in [1.82, 2.24) is 20.6 Å². The summed E-state index contributed by atoms with van der Waals surface area (Å²) in [5.41, 5.74) is 3.48. The second-order valence-corrected chi connectivity index (χ2v) is 17.1. The minimum absolute atomic E-state index is 0.000308. The maximum atomic E-state index is 14.3. The van der Waals surface area contributed by atoms with Gasteiger partial charge in [0.1, 0.15) is 17.9 Å². The number of rotatable bonds is 16. The molecule has 2 amide bonds. The fourth-order valence-electron chi connectivity index (χ4n) is 9.71. The van der Waals surface area contributed by atoms with E-state index in [1.807, 2.05) is 67.5 Å². The molecule has 2 bridgehead atoms. The van der Waals surface area contributed by atoms with Crippen LogP contribution in [0.15, 0.2) is 66.7 Å². The summed E-state index contributed by atoms with van der Waals surface area (Å²) >= 11 is 0. The van der Waals surface area contributed by atoms with E-state index in [1.165, 1.54) is 26.7 Å².